The van der Waals surface area contributed by atoms with E-state index in [9.17, 15) is 0 Å². The number of benzene rings is 1. The van der Waals surface area contributed by atoms with Gasteiger partial charge in [-0.3, -0.25) is 0 Å². The van der Waals surface area contributed by atoms with E-state index in [-0.39, 0.29) is 0 Å². The highest BCUT2D eigenvalue weighted by molar-refractivity contribution is 5.73. The molecule has 1 heterocycles. The van der Waals surface area contributed by atoms with E-state index in [2.05, 4.69) is 67.2 Å². The van der Waals surface area contributed by atoms with Gasteiger partial charge in [0.1, 0.15) is 0 Å². The fourth-order valence-electron chi connectivity index (χ4n) is 3.05. The number of likely N-dealkylation sites (N-methyl/N-ethyl adjacent to an activating group) is 1. The second kappa shape index (κ2) is 7.17. The standard InChI is InChI=1S/C18H31N3/c1-5-11-19-14-18(3,6-2)15-21-13-12-20(4)16-9-7-8-10-17(16)21/h7-10,19H,5-6,11-15H2,1-4H3. The van der Waals surface area contributed by atoms with Gasteiger partial charge in [-0.1, -0.05) is 32.9 Å². The van der Waals surface area contributed by atoms with Crippen LogP contribution in [0, 0.1) is 5.41 Å². The fourth-order valence-corrected chi connectivity index (χ4v) is 3.05. The van der Waals surface area contributed by atoms with Gasteiger partial charge in [0.05, 0.1) is 11.4 Å². The molecule has 0 spiro atoms. The molecule has 1 aliphatic rings. The second-order valence-corrected chi connectivity index (χ2v) is 6.67. The van der Waals surface area contributed by atoms with Crippen LogP contribution in [0.1, 0.15) is 33.6 Å². The van der Waals surface area contributed by atoms with Crippen molar-refractivity contribution < 1.29 is 0 Å². The molecule has 118 valence electrons. The number of hydrogen-bond acceptors (Lipinski definition) is 3. The van der Waals surface area contributed by atoms with Crippen molar-refractivity contribution >= 4 is 11.4 Å². The maximum Gasteiger partial charge on any atom is 0.0604 e. The molecule has 0 fully saturated rings. The molecule has 1 aliphatic heterocycles. The van der Waals surface area contributed by atoms with E-state index in [0.29, 0.717) is 5.41 Å². The minimum Gasteiger partial charge on any atom is -0.371 e. The van der Waals surface area contributed by atoms with Gasteiger partial charge in [0, 0.05) is 33.2 Å². The molecule has 0 aromatic heterocycles. The van der Waals surface area contributed by atoms with Crippen molar-refractivity contribution in [2.24, 2.45) is 5.41 Å². The summed E-state index contributed by atoms with van der Waals surface area (Å²) in [5.74, 6) is 0. The third-order valence-electron chi connectivity index (χ3n) is 4.74. The summed E-state index contributed by atoms with van der Waals surface area (Å²) in [7, 11) is 2.19. The van der Waals surface area contributed by atoms with Crippen molar-refractivity contribution in [3.05, 3.63) is 24.3 Å². The Bertz CT molecular complexity index is 446. The van der Waals surface area contributed by atoms with E-state index in [4.69, 9.17) is 0 Å². The Hall–Kier alpha value is -1.22. The smallest absolute Gasteiger partial charge is 0.0604 e. The first kappa shape index (κ1) is 16.2. The molecule has 2 rings (SSSR count). The van der Waals surface area contributed by atoms with Crippen LogP contribution in [0.5, 0.6) is 0 Å². The molecule has 0 amide bonds. The molecule has 1 unspecified atom stereocenters. The molecule has 21 heavy (non-hydrogen) atoms. The summed E-state index contributed by atoms with van der Waals surface area (Å²) >= 11 is 0. The Morgan fingerprint density at radius 1 is 1.14 bits per heavy atom. The van der Waals surface area contributed by atoms with Crippen LogP contribution in [-0.4, -0.2) is 39.8 Å². The second-order valence-electron chi connectivity index (χ2n) is 6.67. The number of hydrogen-bond donors (Lipinski definition) is 1. The van der Waals surface area contributed by atoms with E-state index in [1.54, 1.807) is 0 Å². The zero-order chi connectivity index (χ0) is 15.3. The van der Waals surface area contributed by atoms with E-state index < -0.39 is 0 Å². The van der Waals surface area contributed by atoms with Gasteiger partial charge in [0.2, 0.25) is 0 Å². The van der Waals surface area contributed by atoms with Crippen LogP contribution in [-0.2, 0) is 0 Å². The quantitative estimate of drug-likeness (QED) is 0.777. The zero-order valence-electron chi connectivity index (χ0n) is 14.2. The first-order chi connectivity index (χ1) is 10.1. The Balaban J connectivity index is 2.09. The number of nitrogens with zero attached hydrogens (tertiary/aromatic N) is 2. The van der Waals surface area contributed by atoms with Crippen LogP contribution in [0.2, 0.25) is 0 Å². The highest BCUT2D eigenvalue weighted by Gasteiger charge is 2.28. The first-order valence-electron chi connectivity index (χ1n) is 8.35. The SMILES string of the molecule is CCCNCC(C)(CC)CN1CCN(C)c2ccccc21. The molecule has 1 aromatic carbocycles. The number of nitrogens with one attached hydrogen (secondary N) is 1. The lowest BCUT2D eigenvalue weighted by molar-refractivity contribution is 0.295. The molecule has 0 saturated carbocycles. The molecule has 1 aromatic rings. The molecule has 3 nitrogen and oxygen atoms in total. The average molecular weight is 289 g/mol. The molecule has 0 saturated heterocycles. The summed E-state index contributed by atoms with van der Waals surface area (Å²) in [6.45, 7) is 12.5. The van der Waals surface area contributed by atoms with Crippen LogP contribution in [0.3, 0.4) is 0 Å². The zero-order valence-corrected chi connectivity index (χ0v) is 14.2. The number of fused-ring (bicyclic) bond motifs is 1. The third kappa shape index (κ3) is 3.91. The van der Waals surface area contributed by atoms with Gasteiger partial charge in [0.25, 0.3) is 0 Å². The lowest BCUT2D eigenvalue weighted by atomic mass is 9.86. The molecular weight excluding hydrogens is 258 g/mol. The van der Waals surface area contributed by atoms with Gasteiger partial charge in [0.15, 0.2) is 0 Å². The largest absolute Gasteiger partial charge is 0.371 e. The fraction of sp³-hybridized carbons (Fsp3) is 0.667. The molecule has 1 N–H and O–H groups in total. The summed E-state index contributed by atoms with van der Waals surface area (Å²) in [6, 6.07) is 8.80. The minimum absolute atomic E-state index is 0.332. The topological polar surface area (TPSA) is 18.5 Å². The molecule has 3 heteroatoms. The lowest BCUT2D eigenvalue weighted by Gasteiger charge is -2.42. The van der Waals surface area contributed by atoms with Gasteiger partial charge in [-0.05, 0) is 36.9 Å². The number of anilines is 2. The summed E-state index contributed by atoms with van der Waals surface area (Å²) in [5.41, 5.74) is 3.09. The van der Waals surface area contributed by atoms with Gasteiger partial charge < -0.3 is 15.1 Å². The third-order valence-corrected chi connectivity index (χ3v) is 4.74. The van der Waals surface area contributed by atoms with Gasteiger partial charge in [-0.25, -0.2) is 0 Å². The van der Waals surface area contributed by atoms with Crippen LogP contribution in [0.4, 0.5) is 11.4 Å². The Labute approximate surface area is 130 Å². The summed E-state index contributed by atoms with van der Waals surface area (Å²) in [6.07, 6.45) is 2.41. The Kier molecular flexibility index (Phi) is 5.51. The lowest BCUT2D eigenvalue weighted by Crippen LogP contribution is -2.47. The average Bonchev–Trinajstić information content (AvgIpc) is 2.51. The molecular formula is C18H31N3. The van der Waals surface area contributed by atoms with Crippen molar-refractivity contribution in [3.63, 3.8) is 0 Å². The van der Waals surface area contributed by atoms with Crippen LogP contribution in [0.25, 0.3) is 0 Å². The van der Waals surface area contributed by atoms with Gasteiger partial charge in [-0.2, -0.15) is 0 Å². The van der Waals surface area contributed by atoms with Gasteiger partial charge >= 0.3 is 0 Å². The van der Waals surface area contributed by atoms with Crippen molar-refractivity contribution in [1.82, 2.24) is 5.32 Å². The minimum atomic E-state index is 0.332. The predicted molar refractivity (Wildman–Crippen MR) is 93.5 cm³/mol. The number of rotatable bonds is 7. The van der Waals surface area contributed by atoms with E-state index >= 15 is 0 Å². The highest BCUT2D eigenvalue weighted by atomic mass is 15.3. The Morgan fingerprint density at radius 3 is 2.52 bits per heavy atom. The Morgan fingerprint density at radius 2 is 1.86 bits per heavy atom. The molecule has 0 radical (unpaired) electrons. The maximum absolute atomic E-state index is 3.61. The van der Waals surface area contributed by atoms with Crippen molar-refractivity contribution in [2.75, 3.05) is 49.6 Å². The first-order valence-corrected chi connectivity index (χ1v) is 8.35. The summed E-state index contributed by atoms with van der Waals surface area (Å²) in [5, 5.41) is 3.61. The summed E-state index contributed by atoms with van der Waals surface area (Å²) < 4.78 is 0. The van der Waals surface area contributed by atoms with E-state index in [0.717, 1.165) is 32.7 Å². The van der Waals surface area contributed by atoms with Crippen LogP contribution in [0.15, 0.2) is 24.3 Å². The van der Waals surface area contributed by atoms with Crippen LogP contribution >= 0.6 is 0 Å². The number of para-hydroxylation sites is 2. The van der Waals surface area contributed by atoms with Crippen LogP contribution < -0.4 is 15.1 Å². The van der Waals surface area contributed by atoms with Crippen molar-refractivity contribution in [2.45, 2.75) is 33.6 Å². The molecule has 0 aliphatic carbocycles. The monoisotopic (exact) mass is 289 g/mol. The predicted octanol–water partition coefficient (Wildman–Crippen LogP) is 3.36. The molecule has 1 atom stereocenters. The normalized spacial score (nSPS) is 17.5. The van der Waals surface area contributed by atoms with Gasteiger partial charge in [-0.15, -0.1) is 0 Å². The van der Waals surface area contributed by atoms with Crippen molar-refractivity contribution in [3.8, 4) is 0 Å². The van der Waals surface area contributed by atoms with E-state index in [1.807, 2.05) is 0 Å². The molecule has 0 bridgehead atoms. The van der Waals surface area contributed by atoms with E-state index in [1.165, 1.54) is 24.2 Å². The summed E-state index contributed by atoms with van der Waals surface area (Å²) in [4.78, 5) is 4.94. The van der Waals surface area contributed by atoms with Crippen molar-refractivity contribution in [1.29, 1.82) is 0 Å². The maximum atomic E-state index is 3.61. The highest BCUT2D eigenvalue weighted by Crippen LogP contribution is 2.34.